The summed E-state index contributed by atoms with van der Waals surface area (Å²) in [5, 5.41) is 0. The fourth-order valence-corrected chi connectivity index (χ4v) is 11.3. The Bertz CT molecular complexity index is 1750. The Morgan fingerprint density at radius 1 is 0.356 bits per heavy atom. The van der Waals surface area contributed by atoms with Gasteiger partial charge in [-0.2, -0.15) is 0 Å². The second-order valence-electron chi connectivity index (χ2n) is 24.4. The number of esters is 2. The Kier molecular flexibility index (Phi) is 69.5. The molecule has 2 unspecified atom stereocenters. The number of hydrogen-bond donors (Lipinski definition) is 2. The number of carbonyl (C=O) groups excluding carboxylic acids is 2. The summed E-state index contributed by atoms with van der Waals surface area (Å²) >= 11 is 0. The van der Waals surface area contributed by atoms with E-state index < -0.39 is 26.5 Å². The van der Waals surface area contributed by atoms with Crippen LogP contribution in [0.5, 0.6) is 0 Å². The molecule has 0 spiro atoms. The highest BCUT2D eigenvalue weighted by Gasteiger charge is 2.26. The first-order valence-corrected chi connectivity index (χ1v) is 38.2. The van der Waals surface area contributed by atoms with Gasteiger partial charge in [0.2, 0.25) is 0 Å². The number of unbranched alkanes of at least 4 members (excludes halogenated alkanes) is 40. The second-order valence-corrected chi connectivity index (χ2v) is 25.9. The lowest BCUT2D eigenvalue weighted by Gasteiger charge is -2.19. The summed E-state index contributed by atoms with van der Waals surface area (Å²) < 4.78 is 33.2. The van der Waals surface area contributed by atoms with Gasteiger partial charge in [-0.1, -0.05) is 336 Å². The zero-order chi connectivity index (χ0) is 63.0. The summed E-state index contributed by atoms with van der Waals surface area (Å²) in [6.45, 7) is 3.67. The molecule has 0 radical (unpaired) electrons. The molecule has 87 heavy (non-hydrogen) atoms. The predicted molar refractivity (Wildman–Crippen MR) is 376 cm³/mol. The average Bonchev–Trinajstić information content (AvgIpc) is 3.64. The fourth-order valence-electron chi connectivity index (χ4n) is 10.6. The van der Waals surface area contributed by atoms with Crippen LogP contribution in [-0.4, -0.2) is 49.3 Å². The third-order valence-corrected chi connectivity index (χ3v) is 16.9. The van der Waals surface area contributed by atoms with Gasteiger partial charge >= 0.3 is 19.8 Å². The summed E-state index contributed by atoms with van der Waals surface area (Å²) in [6.07, 6.45) is 98.0. The minimum Gasteiger partial charge on any atom is -0.462 e. The highest BCUT2D eigenvalue weighted by atomic mass is 31.2. The van der Waals surface area contributed by atoms with Crippen LogP contribution >= 0.6 is 7.82 Å². The van der Waals surface area contributed by atoms with Crippen molar-refractivity contribution in [3.05, 3.63) is 97.2 Å². The predicted octanol–water partition coefficient (Wildman–Crippen LogP) is 24.3. The normalized spacial score (nSPS) is 13.5. The van der Waals surface area contributed by atoms with Crippen molar-refractivity contribution in [1.29, 1.82) is 0 Å². The molecular formula is C77H138NO8P. The summed E-state index contributed by atoms with van der Waals surface area (Å²) in [5.74, 6) is -0.814. The molecule has 2 atom stereocenters. The van der Waals surface area contributed by atoms with Crippen LogP contribution in [0.15, 0.2) is 97.2 Å². The van der Waals surface area contributed by atoms with E-state index in [1.807, 2.05) is 0 Å². The van der Waals surface area contributed by atoms with Crippen molar-refractivity contribution in [3.8, 4) is 0 Å². The Labute approximate surface area is 537 Å². The maximum Gasteiger partial charge on any atom is 0.472 e. The third-order valence-electron chi connectivity index (χ3n) is 16.0. The topological polar surface area (TPSA) is 134 Å². The Balaban J connectivity index is 3.84. The van der Waals surface area contributed by atoms with Crippen LogP contribution in [0.1, 0.15) is 348 Å². The Morgan fingerprint density at radius 2 is 0.632 bits per heavy atom. The number of nitrogens with two attached hydrogens (primary N) is 1. The number of phosphoric acid groups is 1. The lowest BCUT2D eigenvalue weighted by atomic mass is 10.0. The molecular weight excluding hydrogens is 1100 g/mol. The molecule has 0 aromatic rings. The van der Waals surface area contributed by atoms with E-state index in [1.54, 1.807) is 0 Å². The van der Waals surface area contributed by atoms with Crippen LogP contribution in [0.4, 0.5) is 0 Å². The van der Waals surface area contributed by atoms with Crippen molar-refractivity contribution in [1.82, 2.24) is 0 Å². The Morgan fingerprint density at radius 3 is 0.943 bits per heavy atom. The van der Waals surface area contributed by atoms with Gasteiger partial charge in [-0.15, -0.1) is 0 Å². The van der Waals surface area contributed by atoms with E-state index >= 15 is 0 Å². The zero-order valence-electron chi connectivity index (χ0n) is 56.7. The van der Waals surface area contributed by atoms with E-state index in [4.69, 9.17) is 24.3 Å². The average molecular weight is 1240 g/mol. The Hall–Kier alpha value is -3.07. The summed E-state index contributed by atoms with van der Waals surface area (Å²) in [7, 11) is -4.40. The van der Waals surface area contributed by atoms with Crippen molar-refractivity contribution in [3.63, 3.8) is 0 Å². The second kappa shape index (κ2) is 72.0. The minimum absolute atomic E-state index is 0.0523. The number of phosphoric ester groups is 1. The van der Waals surface area contributed by atoms with E-state index in [1.165, 1.54) is 231 Å². The number of allylic oxidation sites excluding steroid dienone is 16. The molecule has 0 saturated heterocycles. The molecule has 0 aliphatic heterocycles. The minimum atomic E-state index is -4.40. The molecule has 504 valence electrons. The molecule has 0 bridgehead atoms. The monoisotopic (exact) mass is 1240 g/mol. The van der Waals surface area contributed by atoms with Gasteiger partial charge in [-0.05, 0) is 96.3 Å². The SMILES string of the molecule is CC/C=C\C/C=C\C/C=C\C/C=C\C/C=C\C/C=C\CCCCCCCCCCCCCCCCCCC(=O)OC(COC(=O)CCCCCCCCCCCCCCCCCCCCC/C=C\C/C=C\CCCCCCC)COP(=O)(O)OCCN. The van der Waals surface area contributed by atoms with Gasteiger partial charge in [0.15, 0.2) is 6.10 Å². The maximum absolute atomic E-state index is 12.8. The van der Waals surface area contributed by atoms with Crippen LogP contribution in [0, 0.1) is 0 Å². The van der Waals surface area contributed by atoms with Gasteiger partial charge in [0.25, 0.3) is 0 Å². The van der Waals surface area contributed by atoms with Gasteiger partial charge in [0, 0.05) is 19.4 Å². The maximum atomic E-state index is 12.8. The van der Waals surface area contributed by atoms with Crippen LogP contribution in [-0.2, 0) is 32.7 Å². The molecule has 0 aromatic carbocycles. The highest BCUT2D eigenvalue weighted by molar-refractivity contribution is 7.47. The van der Waals surface area contributed by atoms with Crippen molar-refractivity contribution in [2.75, 3.05) is 26.4 Å². The summed E-state index contributed by atoms with van der Waals surface area (Å²) in [4.78, 5) is 35.4. The number of hydrogen-bond acceptors (Lipinski definition) is 8. The molecule has 10 heteroatoms. The van der Waals surface area contributed by atoms with Gasteiger partial charge in [0.05, 0.1) is 13.2 Å². The first-order valence-electron chi connectivity index (χ1n) is 36.7. The van der Waals surface area contributed by atoms with Crippen molar-refractivity contribution < 1.29 is 37.6 Å². The molecule has 0 rings (SSSR count). The molecule has 0 amide bonds. The first-order chi connectivity index (χ1) is 42.8. The standard InChI is InChI=1S/C77H138NO8P/c1-3-5-7-9-11-13-15-17-19-21-23-25-27-29-31-33-35-36-37-38-40-42-44-46-48-50-52-54-56-58-60-62-64-66-68-70-77(80)86-75(74-85-87(81,82)84-72-71-78)73-83-76(79)69-67-65-63-61-59-57-55-53-51-49-47-45-43-41-39-34-32-30-28-26-24-22-20-18-16-14-12-10-8-6-4-2/h5,7,11,13,16-19,22-25,29,31,35-36,75H,3-4,6,8-10,12,14-15,20-21,26-28,30,32-34,37-74,78H2,1-2H3,(H,81,82)/b7-5-,13-11-,18-16-,19-17-,24-22-,25-23-,31-29-,36-35-. The van der Waals surface area contributed by atoms with Crippen molar-refractivity contribution in [2.45, 2.75) is 354 Å². The number of carbonyl (C=O) groups is 2. The quantitative estimate of drug-likeness (QED) is 0.0264. The summed E-state index contributed by atoms with van der Waals surface area (Å²) in [6, 6.07) is 0. The third kappa shape index (κ3) is 71.9. The van der Waals surface area contributed by atoms with Gasteiger partial charge < -0.3 is 20.1 Å². The molecule has 0 aliphatic rings. The lowest BCUT2D eigenvalue weighted by molar-refractivity contribution is -0.161. The molecule has 0 heterocycles. The van der Waals surface area contributed by atoms with E-state index in [9.17, 15) is 19.0 Å². The van der Waals surface area contributed by atoms with Gasteiger partial charge in [0.1, 0.15) is 6.61 Å². The van der Waals surface area contributed by atoms with Gasteiger partial charge in [-0.3, -0.25) is 18.6 Å². The van der Waals surface area contributed by atoms with Crippen LogP contribution < -0.4 is 5.73 Å². The molecule has 0 saturated carbocycles. The molecule has 0 fully saturated rings. The smallest absolute Gasteiger partial charge is 0.462 e. The van der Waals surface area contributed by atoms with Crippen molar-refractivity contribution in [2.24, 2.45) is 5.73 Å². The highest BCUT2D eigenvalue weighted by Crippen LogP contribution is 2.43. The van der Waals surface area contributed by atoms with E-state index in [-0.39, 0.29) is 38.6 Å². The van der Waals surface area contributed by atoms with E-state index in [2.05, 4.69) is 111 Å². The van der Waals surface area contributed by atoms with Crippen LogP contribution in [0.3, 0.4) is 0 Å². The lowest BCUT2D eigenvalue weighted by Crippen LogP contribution is -2.29. The zero-order valence-corrected chi connectivity index (χ0v) is 57.6. The largest absolute Gasteiger partial charge is 0.472 e. The van der Waals surface area contributed by atoms with Crippen LogP contribution in [0.25, 0.3) is 0 Å². The van der Waals surface area contributed by atoms with Crippen molar-refractivity contribution >= 4 is 19.8 Å². The van der Waals surface area contributed by atoms with Gasteiger partial charge in [-0.25, -0.2) is 4.57 Å². The van der Waals surface area contributed by atoms with Crippen LogP contribution in [0.2, 0.25) is 0 Å². The number of rotatable bonds is 69. The molecule has 0 aliphatic carbocycles. The molecule has 9 nitrogen and oxygen atoms in total. The van der Waals surface area contributed by atoms with E-state index in [0.29, 0.717) is 6.42 Å². The summed E-state index contributed by atoms with van der Waals surface area (Å²) in [5.41, 5.74) is 5.41. The first kappa shape index (κ1) is 83.9. The fraction of sp³-hybridized carbons (Fsp3) is 0.766. The molecule has 0 aromatic heterocycles. The number of ether oxygens (including phenoxy) is 2. The molecule has 3 N–H and O–H groups in total. The van der Waals surface area contributed by atoms with E-state index in [0.717, 1.165) is 83.5 Å².